The summed E-state index contributed by atoms with van der Waals surface area (Å²) in [5, 5.41) is 11.7. The van der Waals surface area contributed by atoms with Gasteiger partial charge in [-0.2, -0.15) is 0 Å². The Bertz CT molecular complexity index is 361. The highest BCUT2D eigenvalue weighted by atomic mass is 15.3. The van der Waals surface area contributed by atoms with Crippen molar-refractivity contribution in [2.75, 3.05) is 19.6 Å². The Kier molecular flexibility index (Phi) is 2.65. The molecular formula is C11H19N5. The molecule has 3 rings (SSSR count). The van der Waals surface area contributed by atoms with Crippen LogP contribution in [0, 0.1) is 5.92 Å². The van der Waals surface area contributed by atoms with Gasteiger partial charge in [0.1, 0.15) is 12.2 Å². The van der Waals surface area contributed by atoms with Gasteiger partial charge < -0.3 is 9.88 Å². The van der Waals surface area contributed by atoms with Gasteiger partial charge in [-0.1, -0.05) is 13.3 Å². The van der Waals surface area contributed by atoms with Crippen molar-refractivity contribution >= 4 is 0 Å². The lowest BCUT2D eigenvalue weighted by atomic mass is 9.99. The minimum Gasteiger partial charge on any atom is -0.315 e. The molecule has 1 aromatic rings. The second-order valence-electron chi connectivity index (χ2n) is 4.80. The van der Waals surface area contributed by atoms with Crippen LogP contribution in [0.3, 0.4) is 0 Å². The molecule has 1 fully saturated rings. The molecule has 5 heteroatoms. The Morgan fingerprint density at radius 2 is 2.38 bits per heavy atom. The van der Waals surface area contributed by atoms with Gasteiger partial charge in [0.25, 0.3) is 0 Å². The zero-order chi connectivity index (χ0) is 11.0. The number of fused-ring (bicyclic) bond motifs is 1. The van der Waals surface area contributed by atoms with Crippen molar-refractivity contribution in [2.24, 2.45) is 5.92 Å². The van der Waals surface area contributed by atoms with Gasteiger partial charge in [-0.15, -0.1) is 10.2 Å². The smallest absolute Gasteiger partial charge is 0.147 e. The maximum atomic E-state index is 4.18. The molecule has 16 heavy (non-hydrogen) atoms. The van der Waals surface area contributed by atoms with Gasteiger partial charge in [-0.3, -0.25) is 4.90 Å². The molecule has 88 valence electrons. The molecule has 2 aliphatic heterocycles. The maximum Gasteiger partial charge on any atom is 0.147 e. The minimum atomic E-state index is 0.690. The molecule has 2 aliphatic rings. The van der Waals surface area contributed by atoms with E-state index in [9.17, 15) is 0 Å². The summed E-state index contributed by atoms with van der Waals surface area (Å²) in [7, 11) is 0. The van der Waals surface area contributed by atoms with E-state index in [0.29, 0.717) is 6.04 Å². The summed E-state index contributed by atoms with van der Waals surface area (Å²) in [6, 6.07) is 0.690. The molecule has 1 saturated heterocycles. The summed E-state index contributed by atoms with van der Waals surface area (Å²) in [4.78, 5) is 2.57. The van der Waals surface area contributed by atoms with Crippen LogP contribution in [0.15, 0.2) is 6.33 Å². The van der Waals surface area contributed by atoms with Crippen molar-refractivity contribution in [3.05, 3.63) is 12.2 Å². The van der Waals surface area contributed by atoms with E-state index in [0.717, 1.165) is 37.9 Å². The first kappa shape index (κ1) is 10.2. The van der Waals surface area contributed by atoms with Crippen LogP contribution >= 0.6 is 0 Å². The number of aromatic nitrogens is 3. The standard InChI is InChI=1S/C11H19N5/c1-2-9-5-12-6-10(9)15-3-4-16-8-13-14-11(16)7-15/h8-10,12H,2-7H2,1H3. The minimum absolute atomic E-state index is 0.690. The van der Waals surface area contributed by atoms with Crippen molar-refractivity contribution in [1.82, 2.24) is 25.0 Å². The van der Waals surface area contributed by atoms with Crippen LogP contribution in [-0.4, -0.2) is 45.3 Å². The lowest BCUT2D eigenvalue weighted by Gasteiger charge is -2.34. The molecule has 0 aliphatic carbocycles. The first-order valence-corrected chi connectivity index (χ1v) is 6.20. The van der Waals surface area contributed by atoms with Crippen LogP contribution in [0.5, 0.6) is 0 Å². The van der Waals surface area contributed by atoms with E-state index >= 15 is 0 Å². The van der Waals surface area contributed by atoms with Crippen LogP contribution in [0.25, 0.3) is 0 Å². The molecule has 0 bridgehead atoms. The highest BCUT2D eigenvalue weighted by Gasteiger charge is 2.32. The van der Waals surface area contributed by atoms with Gasteiger partial charge in [-0.25, -0.2) is 0 Å². The molecule has 0 saturated carbocycles. The quantitative estimate of drug-likeness (QED) is 0.769. The predicted molar refractivity (Wildman–Crippen MR) is 60.9 cm³/mol. The molecule has 3 heterocycles. The molecule has 1 N–H and O–H groups in total. The zero-order valence-corrected chi connectivity index (χ0v) is 9.76. The summed E-state index contributed by atoms with van der Waals surface area (Å²) >= 11 is 0. The Morgan fingerprint density at radius 3 is 3.25 bits per heavy atom. The van der Waals surface area contributed by atoms with Crippen LogP contribution in [0.4, 0.5) is 0 Å². The van der Waals surface area contributed by atoms with E-state index in [-0.39, 0.29) is 0 Å². The van der Waals surface area contributed by atoms with Crippen LogP contribution < -0.4 is 5.32 Å². The Morgan fingerprint density at radius 1 is 1.44 bits per heavy atom. The normalized spacial score (nSPS) is 30.6. The third-order valence-electron chi connectivity index (χ3n) is 3.97. The first-order chi connectivity index (χ1) is 7.88. The number of nitrogens with one attached hydrogen (secondary N) is 1. The predicted octanol–water partition coefficient (Wildman–Crippen LogP) is 0.0917. The van der Waals surface area contributed by atoms with Gasteiger partial charge >= 0.3 is 0 Å². The molecule has 2 unspecified atom stereocenters. The van der Waals surface area contributed by atoms with E-state index in [1.165, 1.54) is 13.0 Å². The zero-order valence-electron chi connectivity index (χ0n) is 9.76. The molecule has 0 aromatic carbocycles. The molecule has 0 spiro atoms. The Labute approximate surface area is 95.8 Å². The van der Waals surface area contributed by atoms with Crippen LogP contribution in [-0.2, 0) is 13.1 Å². The third kappa shape index (κ3) is 1.64. The average Bonchev–Trinajstić information content (AvgIpc) is 2.96. The molecule has 0 radical (unpaired) electrons. The van der Waals surface area contributed by atoms with Crippen molar-refractivity contribution in [1.29, 1.82) is 0 Å². The average molecular weight is 221 g/mol. The van der Waals surface area contributed by atoms with E-state index < -0.39 is 0 Å². The highest BCUT2D eigenvalue weighted by molar-refractivity contribution is 4.95. The summed E-state index contributed by atoms with van der Waals surface area (Å²) in [6.45, 7) is 7.72. The highest BCUT2D eigenvalue weighted by Crippen LogP contribution is 2.22. The number of hydrogen-bond acceptors (Lipinski definition) is 4. The molecular weight excluding hydrogens is 202 g/mol. The maximum absolute atomic E-state index is 4.18. The summed E-state index contributed by atoms with van der Waals surface area (Å²) in [6.07, 6.45) is 3.11. The van der Waals surface area contributed by atoms with E-state index in [4.69, 9.17) is 0 Å². The summed E-state index contributed by atoms with van der Waals surface area (Å²) in [5.74, 6) is 1.92. The van der Waals surface area contributed by atoms with Crippen molar-refractivity contribution in [3.63, 3.8) is 0 Å². The SMILES string of the molecule is CCC1CNCC1N1CCn2cnnc2C1. The molecule has 2 atom stereocenters. The topological polar surface area (TPSA) is 46.0 Å². The van der Waals surface area contributed by atoms with Crippen molar-refractivity contribution in [2.45, 2.75) is 32.5 Å². The molecule has 1 aromatic heterocycles. The van der Waals surface area contributed by atoms with E-state index in [1.807, 2.05) is 6.33 Å². The van der Waals surface area contributed by atoms with E-state index in [1.54, 1.807) is 0 Å². The second-order valence-corrected chi connectivity index (χ2v) is 4.80. The Hall–Kier alpha value is -0.940. The molecule has 5 nitrogen and oxygen atoms in total. The number of hydrogen-bond donors (Lipinski definition) is 1. The lowest BCUT2D eigenvalue weighted by Crippen LogP contribution is -2.45. The van der Waals surface area contributed by atoms with Crippen molar-refractivity contribution in [3.8, 4) is 0 Å². The first-order valence-electron chi connectivity index (χ1n) is 6.20. The Balaban J connectivity index is 1.73. The fourth-order valence-electron chi connectivity index (χ4n) is 2.93. The van der Waals surface area contributed by atoms with Gasteiger partial charge in [0, 0.05) is 25.7 Å². The summed E-state index contributed by atoms with van der Waals surface area (Å²) in [5.41, 5.74) is 0. The van der Waals surface area contributed by atoms with E-state index in [2.05, 4.69) is 31.9 Å². The van der Waals surface area contributed by atoms with Crippen LogP contribution in [0.2, 0.25) is 0 Å². The van der Waals surface area contributed by atoms with Gasteiger partial charge in [0.15, 0.2) is 0 Å². The van der Waals surface area contributed by atoms with Crippen molar-refractivity contribution < 1.29 is 0 Å². The van der Waals surface area contributed by atoms with Gasteiger partial charge in [-0.05, 0) is 12.5 Å². The van der Waals surface area contributed by atoms with Crippen LogP contribution in [0.1, 0.15) is 19.2 Å². The second kappa shape index (κ2) is 4.14. The third-order valence-corrected chi connectivity index (χ3v) is 3.97. The lowest BCUT2D eigenvalue weighted by molar-refractivity contribution is 0.131. The number of nitrogens with zero attached hydrogens (tertiary/aromatic N) is 4. The van der Waals surface area contributed by atoms with Gasteiger partial charge in [0.05, 0.1) is 6.54 Å². The monoisotopic (exact) mass is 221 g/mol. The molecule has 0 amide bonds. The van der Waals surface area contributed by atoms with Gasteiger partial charge in [0.2, 0.25) is 0 Å². The largest absolute Gasteiger partial charge is 0.315 e. The summed E-state index contributed by atoms with van der Waals surface area (Å²) < 4.78 is 2.17. The number of rotatable bonds is 2. The fourth-order valence-corrected chi connectivity index (χ4v) is 2.93. The fraction of sp³-hybridized carbons (Fsp3) is 0.818.